The molecule has 0 aromatic rings. The van der Waals surface area contributed by atoms with E-state index in [0.717, 1.165) is 12.8 Å². The number of rotatable bonds is 4. The molecule has 2 nitrogen and oxygen atoms in total. The van der Waals surface area contributed by atoms with Gasteiger partial charge in [0.2, 0.25) is 5.91 Å². The third-order valence-corrected chi connectivity index (χ3v) is 2.18. The first kappa shape index (κ1) is 12.8. The molecule has 0 bridgehead atoms. The molecule has 1 N–H and O–H groups in total. The van der Waals surface area contributed by atoms with Gasteiger partial charge in [0.25, 0.3) is 0 Å². The first-order valence-corrected chi connectivity index (χ1v) is 5.32. The Hall–Kier alpha value is -0.240. The second kappa shape index (κ2) is 5.48. The Morgan fingerprint density at radius 3 is 2.31 bits per heavy atom. The lowest BCUT2D eigenvalue weighted by molar-refractivity contribution is -0.129. The molecular weight excluding hydrogens is 186 g/mol. The molecule has 0 aliphatic carbocycles. The predicted molar refractivity (Wildman–Crippen MR) is 57.0 cm³/mol. The van der Waals surface area contributed by atoms with Gasteiger partial charge in [-0.3, -0.25) is 4.79 Å². The highest BCUT2D eigenvalue weighted by molar-refractivity contribution is 6.17. The molecule has 0 saturated carbocycles. The van der Waals surface area contributed by atoms with E-state index >= 15 is 0 Å². The fourth-order valence-electron chi connectivity index (χ4n) is 0.912. The van der Waals surface area contributed by atoms with Gasteiger partial charge in [0, 0.05) is 17.3 Å². The fraction of sp³-hybridized carbons (Fsp3) is 0.900. The van der Waals surface area contributed by atoms with Crippen molar-refractivity contribution in [2.75, 3.05) is 5.88 Å². The van der Waals surface area contributed by atoms with Crippen molar-refractivity contribution < 1.29 is 4.79 Å². The number of hydrogen-bond acceptors (Lipinski definition) is 1. The average molecular weight is 206 g/mol. The zero-order valence-corrected chi connectivity index (χ0v) is 9.74. The van der Waals surface area contributed by atoms with E-state index in [-0.39, 0.29) is 17.4 Å². The van der Waals surface area contributed by atoms with Crippen LogP contribution in [0, 0.1) is 5.41 Å². The van der Waals surface area contributed by atoms with Gasteiger partial charge in [0.05, 0.1) is 0 Å². The summed E-state index contributed by atoms with van der Waals surface area (Å²) in [6.07, 6.45) is 1.79. The maximum Gasteiger partial charge on any atom is 0.225 e. The molecule has 0 saturated heterocycles. The first-order valence-electron chi connectivity index (χ1n) is 4.78. The minimum atomic E-state index is -0.306. The number of carbonyl (C=O) groups excluding carboxylic acids is 1. The van der Waals surface area contributed by atoms with Crippen LogP contribution in [0.25, 0.3) is 0 Å². The van der Waals surface area contributed by atoms with E-state index in [1.807, 2.05) is 20.8 Å². The maximum atomic E-state index is 11.6. The van der Waals surface area contributed by atoms with Crippen molar-refractivity contribution in [3.63, 3.8) is 0 Å². The van der Waals surface area contributed by atoms with E-state index in [2.05, 4.69) is 12.2 Å². The van der Waals surface area contributed by atoms with Crippen molar-refractivity contribution in [3.8, 4) is 0 Å². The van der Waals surface area contributed by atoms with Gasteiger partial charge in [-0.15, -0.1) is 11.6 Å². The van der Waals surface area contributed by atoms with Crippen molar-refractivity contribution in [1.82, 2.24) is 5.32 Å². The van der Waals surface area contributed by atoms with Gasteiger partial charge in [-0.2, -0.15) is 0 Å². The van der Waals surface area contributed by atoms with E-state index in [1.165, 1.54) is 0 Å². The summed E-state index contributed by atoms with van der Waals surface area (Å²) in [5.74, 6) is 0.701. The fourth-order valence-corrected chi connectivity index (χ4v) is 1.18. The number of amides is 1. The Morgan fingerprint density at radius 2 is 2.00 bits per heavy atom. The summed E-state index contributed by atoms with van der Waals surface area (Å²) in [6, 6.07) is 0.226. The summed E-state index contributed by atoms with van der Waals surface area (Å²) in [7, 11) is 0. The first-order chi connectivity index (χ1) is 5.91. The van der Waals surface area contributed by atoms with Crippen molar-refractivity contribution in [2.45, 2.75) is 46.6 Å². The highest BCUT2D eigenvalue weighted by Crippen LogP contribution is 2.13. The predicted octanol–water partition coefficient (Wildman–Crippen LogP) is 2.56. The molecule has 78 valence electrons. The zero-order chi connectivity index (χ0) is 10.5. The van der Waals surface area contributed by atoms with Crippen LogP contribution in [-0.2, 0) is 4.79 Å². The maximum absolute atomic E-state index is 11.6. The molecule has 0 aliphatic heterocycles. The monoisotopic (exact) mass is 205 g/mol. The summed E-state index contributed by atoms with van der Waals surface area (Å²) in [4.78, 5) is 11.6. The molecular formula is C10H20ClNO. The van der Waals surface area contributed by atoms with E-state index < -0.39 is 0 Å². The molecule has 0 heterocycles. The average Bonchev–Trinajstić information content (AvgIpc) is 2.01. The highest BCUT2D eigenvalue weighted by atomic mass is 35.5. The molecule has 0 radical (unpaired) electrons. The summed E-state index contributed by atoms with van der Waals surface area (Å²) < 4.78 is 0. The van der Waals surface area contributed by atoms with Crippen molar-refractivity contribution in [1.29, 1.82) is 0 Å². The van der Waals surface area contributed by atoms with Crippen molar-refractivity contribution >= 4 is 17.5 Å². The van der Waals surface area contributed by atoms with E-state index in [4.69, 9.17) is 11.6 Å². The van der Waals surface area contributed by atoms with E-state index in [0.29, 0.717) is 5.88 Å². The van der Waals surface area contributed by atoms with Gasteiger partial charge < -0.3 is 5.32 Å². The number of nitrogens with one attached hydrogen (secondary N) is 1. The lowest BCUT2D eigenvalue weighted by atomic mass is 9.95. The Bertz CT molecular complexity index is 163. The Balaban J connectivity index is 4.01. The van der Waals surface area contributed by atoms with E-state index in [9.17, 15) is 4.79 Å². The third-order valence-electron chi connectivity index (χ3n) is 1.97. The molecule has 13 heavy (non-hydrogen) atoms. The number of carbonyl (C=O) groups is 1. The number of alkyl halides is 1. The Kier molecular flexibility index (Phi) is 5.38. The minimum Gasteiger partial charge on any atom is -0.353 e. The normalized spacial score (nSPS) is 13.9. The second-order valence-corrected chi connectivity index (χ2v) is 4.68. The standard InChI is InChI=1S/C10H20ClNO/c1-5-8(6-7-11)12-9(13)10(2,3)4/h8H,5-7H2,1-4H3,(H,12,13). The topological polar surface area (TPSA) is 29.1 Å². The molecule has 1 unspecified atom stereocenters. The second-order valence-electron chi connectivity index (χ2n) is 4.31. The molecule has 0 aromatic heterocycles. The molecule has 0 aromatic carbocycles. The van der Waals surface area contributed by atoms with Crippen LogP contribution in [0.1, 0.15) is 40.5 Å². The minimum absolute atomic E-state index is 0.101. The highest BCUT2D eigenvalue weighted by Gasteiger charge is 2.22. The molecule has 3 heteroatoms. The van der Waals surface area contributed by atoms with Crippen LogP contribution in [0.3, 0.4) is 0 Å². The van der Waals surface area contributed by atoms with Crippen LogP contribution < -0.4 is 5.32 Å². The lowest BCUT2D eigenvalue weighted by Crippen LogP contribution is -2.41. The Morgan fingerprint density at radius 1 is 1.46 bits per heavy atom. The largest absolute Gasteiger partial charge is 0.353 e. The van der Waals surface area contributed by atoms with Gasteiger partial charge in [-0.25, -0.2) is 0 Å². The quantitative estimate of drug-likeness (QED) is 0.703. The molecule has 0 aliphatic rings. The summed E-state index contributed by atoms with van der Waals surface area (Å²) in [5, 5.41) is 2.98. The molecule has 1 atom stereocenters. The zero-order valence-electron chi connectivity index (χ0n) is 8.98. The molecule has 0 spiro atoms. The summed E-state index contributed by atoms with van der Waals surface area (Å²) in [6.45, 7) is 7.79. The van der Waals surface area contributed by atoms with Crippen LogP contribution in [0.5, 0.6) is 0 Å². The smallest absolute Gasteiger partial charge is 0.225 e. The number of halogens is 1. The van der Waals surface area contributed by atoms with Crippen LogP contribution in [-0.4, -0.2) is 17.8 Å². The van der Waals surface area contributed by atoms with Gasteiger partial charge in [0.1, 0.15) is 0 Å². The van der Waals surface area contributed by atoms with Gasteiger partial charge in [0.15, 0.2) is 0 Å². The summed E-state index contributed by atoms with van der Waals surface area (Å²) in [5.41, 5.74) is -0.306. The van der Waals surface area contributed by atoms with Crippen LogP contribution in [0.15, 0.2) is 0 Å². The Labute approximate surface area is 86.0 Å². The molecule has 0 fully saturated rings. The van der Waals surface area contributed by atoms with Crippen molar-refractivity contribution in [2.24, 2.45) is 5.41 Å². The van der Waals surface area contributed by atoms with Gasteiger partial charge in [-0.1, -0.05) is 27.7 Å². The summed E-state index contributed by atoms with van der Waals surface area (Å²) >= 11 is 5.62. The number of hydrogen-bond donors (Lipinski definition) is 1. The molecule has 1 amide bonds. The lowest BCUT2D eigenvalue weighted by Gasteiger charge is -2.22. The SMILES string of the molecule is CCC(CCCl)NC(=O)C(C)(C)C. The molecule has 0 rings (SSSR count). The van der Waals surface area contributed by atoms with Crippen LogP contribution >= 0.6 is 11.6 Å². The van der Waals surface area contributed by atoms with Gasteiger partial charge in [-0.05, 0) is 12.8 Å². The van der Waals surface area contributed by atoms with E-state index in [1.54, 1.807) is 0 Å². The van der Waals surface area contributed by atoms with Crippen molar-refractivity contribution in [3.05, 3.63) is 0 Å². The third kappa shape index (κ3) is 5.14. The van der Waals surface area contributed by atoms with Gasteiger partial charge >= 0.3 is 0 Å². The van der Waals surface area contributed by atoms with Crippen LogP contribution in [0.4, 0.5) is 0 Å². The van der Waals surface area contributed by atoms with Crippen LogP contribution in [0.2, 0.25) is 0 Å².